The van der Waals surface area contributed by atoms with E-state index in [4.69, 9.17) is 9.47 Å². The number of hydrogen-bond donors (Lipinski definition) is 2. The zero-order valence-electron chi connectivity index (χ0n) is 17.6. The quantitative estimate of drug-likeness (QED) is 0.567. The van der Waals surface area contributed by atoms with Crippen molar-refractivity contribution in [2.75, 3.05) is 43.1 Å². The molecule has 2 N–H and O–H groups in total. The smallest absolute Gasteiger partial charge is 0.350 e. The maximum atomic E-state index is 12.1. The maximum absolute atomic E-state index is 12.1. The number of aryl methyl sites for hydroxylation is 1. The van der Waals surface area contributed by atoms with Gasteiger partial charge in [0.25, 0.3) is 0 Å². The lowest BCUT2D eigenvalue weighted by Crippen LogP contribution is -2.48. The average molecular weight is 449 g/mol. The molecule has 0 atom stereocenters. The molecule has 0 aromatic carbocycles. The Morgan fingerprint density at radius 3 is 2.71 bits per heavy atom. The Hall–Kier alpha value is -3.28. The molecule has 12 heteroatoms. The molecule has 11 nitrogen and oxygen atoms in total. The number of carbonyl (C=O) groups excluding carboxylic acids is 3. The topological polar surface area (TPSA) is 136 Å². The van der Waals surface area contributed by atoms with Gasteiger partial charge in [0, 0.05) is 19.2 Å². The number of rotatable bonds is 8. The van der Waals surface area contributed by atoms with E-state index >= 15 is 0 Å². The van der Waals surface area contributed by atoms with E-state index in [2.05, 4.69) is 25.6 Å². The van der Waals surface area contributed by atoms with Crippen LogP contribution in [-0.2, 0) is 25.5 Å². The van der Waals surface area contributed by atoms with Crippen LogP contribution in [0.1, 0.15) is 34.9 Å². The SMILES string of the molecule is CCOC(=O)Cc1cc(N2CCNC(=O)C2)nc(Nc2nc(C)c(C(=O)OCC)s2)n1. The molecule has 2 aromatic heterocycles. The van der Waals surface area contributed by atoms with Crippen LogP contribution in [0.25, 0.3) is 0 Å². The van der Waals surface area contributed by atoms with E-state index in [9.17, 15) is 14.4 Å². The average Bonchev–Trinajstić information content (AvgIpc) is 3.08. The van der Waals surface area contributed by atoms with Crippen molar-refractivity contribution < 1.29 is 23.9 Å². The zero-order valence-corrected chi connectivity index (χ0v) is 18.4. The predicted molar refractivity (Wildman–Crippen MR) is 114 cm³/mol. The number of anilines is 3. The number of hydrogen-bond acceptors (Lipinski definition) is 11. The van der Waals surface area contributed by atoms with Crippen LogP contribution in [0, 0.1) is 6.92 Å². The number of ether oxygens (including phenoxy) is 2. The number of carbonyl (C=O) groups is 3. The normalized spacial score (nSPS) is 13.5. The molecule has 2 aromatic rings. The van der Waals surface area contributed by atoms with E-state index in [1.807, 2.05) is 0 Å². The lowest BCUT2D eigenvalue weighted by molar-refractivity contribution is -0.142. The van der Waals surface area contributed by atoms with Crippen molar-refractivity contribution in [1.29, 1.82) is 0 Å². The maximum Gasteiger partial charge on any atom is 0.350 e. The van der Waals surface area contributed by atoms with Gasteiger partial charge in [0.15, 0.2) is 5.13 Å². The van der Waals surface area contributed by atoms with Crippen molar-refractivity contribution in [3.8, 4) is 0 Å². The molecule has 0 unspecified atom stereocenters. The molecular weight excluding hydrogens is 424 g/mol. The number of nitrogens with zero attached hydrogens (tertiary/aromatic N) is 4. The third-order valence-electron chi connectivity index (χ3n) is 4.23. The third kappa shape index (κ3) is 5.87. The van der Waals surface area contributed by atoms with Crippen LogP contribution in [0.5, 0.6) is 0 Å². The summed E-state index contributed by atoms with van der Waals surface area (Å²) in [5.41, 5.74) is 0.970. The van der Waals surface area contributed by atoms with Crippen LogP contribution in [0.3, 0.4) is 0 Å². The summed E-state index contributed by atoms with van der Waals surface area (Å²) >= 11 is 1.13. The van der Waals surface area contributed by atoms with Crippen LogP contribution in [0.2, 0.25) is 0 Å². The Morgan fingerprint density at radius 1 is 1.23 bits per heavy atom. The van der Waals surface area contributed by atoms with Crippen molar-refractivity contribution in [2.24, 2.45) is 0 Å². The standard InChI is InChI=1S/C19H24N6O5S/c1-4-29-15(27)9-12-8-13(25-7-6-20-14(26)10-25)23-18(22-12)24-19-21-11(3)16(31-19)17(28)30-5-2/h8H,4-7,9-10H2,1-3H3,(H,20,26)(H,21,22,23,24). The molecule has 166 valence electrons. The van der Waals surface area contributed by atoms with Gasteiger partial charge < -0.3 is 19.7 Å². The number of aromatic nitrogens is 3. The third-order valence-corrected chi connectivity index (χ3v) is 5.29. The van der Waals surface area contributed by atoms with Gasteiger partial charge in [-0.15, -0.1) is 0 Å². The van der Waals surface area contributed by atoms with E-state index in [0.717, 1.165) is 11.3 Å². The predicted octanol–water partition coefficient (Wildman–Crippen LogP) is 1.20. The van der Waals surface area contributed by atoms with Gasteiger partial charge in [-0.05, 0) is 20.8 Å². The number of nitrogens with one attached hydrogen (secondary N) is 2. The lowest BCUT2D eigenvalue weighted by Gasteiger charge is -2.28. The fraction of sp³-hybridized carbons (Fsp3) is 0.474. The summed E-state index contributed by atoms with van der Waals surface area (Å²) in [7, 11) is 0. The molecule has 0 bridgehead atoms. The minimum atomic E-state index is -0.442. The second kappa shape index (κ2) is 10.2. The van der Waals surface area contributed by atoms with Crippen LogP contribution >= 0.6 is 11.3 Å². The molecule has 1 fully saturated rings. The highest BCUT2D eigenvalue weighted by atomic mass is 32.1. The van der Waals surface area contributed by atoms with Gasteiger partial charge in [-0.3, -0.25) is 14.9 Å². The van der Waals surface area contributed by atoms with Crippen molar-refractivity contribution in [1.82, 2.24) is 20.3 Å². The van der Waals surface area contributed by atoms with Crippen molar-refractivity contribution in [3.05, 3.63) is 22.3 Å². The second-order valence-electron chi connectivity index (χ2n) is 6.57. The Balaban J connectivity index is 1.88. The van der Waals surface area contributed by atoms with Crippen molar-refractivity contribution >= 4 is 46.1 Å². The molecule has 3 heterocycles. The number of esters is 2. The van der Waals surface area contributed by atoms with Gasteiger partial charge in [0.05, 0.1) is 37.6 Å². The molecule has 31 heavy (non-hydrogen) atoms. The number of amides is 1. The largest absolute Gasteiger partial charge is 0.466 e. The lowest BCUT2D eigenvalue weighted by atomic mass is 10.2. The van der Waals surface area contributed by atoms with Gasteiger partial charge in [0.1, 0.15) is 10.7 Å². The van der Waals surface area contributed by atoms with Crippen LogP contribution in [0.15, 0.2) is 6.07 Å². The molecule has 0 saturated carbocycles. The highest BCUT2D eigenvalue weighted by Gasteiger charge is 2.21. The minimum Gasteiger partial charge on any atom is -0.466 e. The monoisotopic (exact) mass is 448 g/mol. The first kappa shape index (κ1) is 22.4. The number of piperazine rings is 1. The first-order valence-electron chi connectivity index (χ1n) is 9.86. The van der Waals surface area contributed by atoms with E-state index < -0.39 is 11.9 Å². The molecule has 3 rings (SSSR count). The van der Waals surface area contributed by atoms with Crippen LogP contribution < -0.4 is 15.5 Å². The number of thiazole rings is 1. The van der Waals surface area contributed by atoms with Gasteiger partial charge >= 0.3 is 11.9 Å². The van der Waals surface area contributed by atoms with Gasteiger partial charge in [-0.1, -0.05) is 11.3 Å². The van der Waals surface area contributed by atoms with Gasteiger partial charge in [-0.25, -0.2) is 14.8 Å². The molecule has 1 saturated heterocycles. The van der Waals surface area contributed by atoms with Crippen molar-refractivity contribution in [3.63, 3.8) is 0 Å². The fourth-order valence-corrected chi connectivity index (χ4v) is 3.77. The van der Waals surface area contributed by atoms with Gasteiger partial charge in [-0.2, -0.15) is 4.98 Å². The first-order chi connectivity index (χ1) is 14.9. The van der Waals surface area contributed by atoms with E-state index in [1.54, 1.807) is 31.7 Å². The van der Waals surface area contributed by atoms with Crippen LogP contribution in [-0.4, -0.2) is 65.6 Å². The summed E-state index contributed by atoms with van der Waals surface area (Å²) in [4.78, 5) is 51.2. The summed E-state index contributed by atoms with van der Waals surface area (Å²) in [6.45, 7) is 6.93. The zero-order chi connectivity index (χ0) is 22.4. The molecule has 1 aliphatic rings. The van der Waals surface area contributed by atoms with Gasteiger partial charge in [0.2, 0.25) is 11.9 Å². The molecule has 1 amide bonds. The van der Waals surface area contributed by atoms with Crippen molar-refractivity contribution in [2.45, 2.75) is 27.2 Å². The minimum absolute atomic E-state index is 0.0386. The Morgan fingerprint density at radius 2 is 2.00 bits per heavy atom. The summed E-state index contributed by atoms with van der Waals surface area (Å²) in [5, 5.41) is 6.17. The van der Waals surface area contributed by atoms with Crippen LogP contribution in [0.4, 0.5) is 16.9 Å². The molecule has 0 aliphatic carbocycles. The second-order valence-corrected chi connectivity index (χ2v) is 7.57. The highest BCUT2D eigenvalue weighted by molar-refractivity contribution is 7.17. The molecule has 0 radical (unpaired) electrons. The molecule has 0 spiro atoms. The summed E-state index contributed by atoms with van der Waals surface area (Å²) in [6.07, 6.45) is -0.0386. The van der Waals surface area contributed by atoms with E-state index in [1.165, 1.54) is 0 Å². The Kier molecular flexibility index (Phi) is 7.34. The molecule has 1 aliphatic heterocycles. The summed E-state index contributed by atoms with van der Waals surface area (Å²) in [5.74, 6) is -0.259. The first-order valence-corrected chi connectivity index (χ1v) is 10.7. The fourth-order valence-electron chi connectivity index (χ4n) is 2.92. The summed E-state index contributed by atoms with van der Waals surface area (Å²) in [6, 6.07) is 1.66. The Bertz CT molecular complexity index is 979. The molecular formula is C19H24N6O5S. The Labute approximate surface area is 183 Å². The van der Waals surface area contributed by atoms with E-state index in [-0.39, 0.29) is 38.0 Å². The summed E-state index contributed by atoms with van der Waals surface area (Å²) < 4.78 is 10.1. The highest BCUT2D eigenvalue weighted by Crippen LogP contribution is 2.26. The van der Waals surface area contributed by atoms with E-state index in [0.29, 0.717) is 40.3 Å².